The fourth-order valence-corrected chi connectivity index (χ4v) is 4.74. The van der Waals surface area contributed by atoms with Crippen molar-refractivity contribution in [3.8, 4) is 0 Å². The van der Waals surface area contributed by atoms with Crippen molar-refractivity contribution in [1.82, 2.24) is 0 Å². The van der Waals surface area contributed by atoms with Crippen molar-refractivity contribution < 1.29 is 19.4 Å². The fraction of sp³-hybridized carbons (Fsp3) is 0.824. The molecule has 0 saturated heterocycles. The summed E-state index contributed by atoms with van der Waals surface area (Å²) in [5, 5.41) is 8.77. The second-order valence-corrected chi connectivity index (χ2v) is 11.0. The predicted molar refractivity (Wildman–Crippen MR) is 163 cm³/mol. The molecule has 0 aliphatic rings. The lowest BCUT2D eigenvalue weighted by Gasteiger charge is -2.18. The number of carboxylic acid groups (broad SMARTS) is 1. The molecule has 0 saturated carbocycles. The number of hydrogen-bond donors (Lipinski definition) is 1. The van der Waals surface area contributed by atoms with Crippen molar-refractivity contribution in [2.45, 2.75) is 180 Å². The maximum absolute atomic E-state index is 12.5. The summed E-state index contributed by atoms with van der Waals surface area (Å²) in [4.78, 5) is 23.1. The molecule has 4 heteroatoms. The summed E-state index contributed by atoms with van der Waals surface area (Å²) in [7, 11) is 0. The number of carboxylic acids is 1. The van der Waals surface area contributed by atoms with E-state index in [1.165, 1.54) is 77.0 Å². The average Bonchev–Trinajstić information content (AvgIpc) is 2.89. The number of ether oxygens (including phenoxy) is 1. The molecule has 0 aromatic carbocycles. The highest BCUT2D eigenvalue weighted by molar-refractivity contribution is 5.69. The predicted octanol–water partition coefficient (Wildman–Crippen LogP) is 10.9. The van der Waals surface area contributed by atoms with Gasteiger partial charge in [-0.25, -0.2) is 0 Å². The molecule has 0 rings (SSSR count). The van der Waals surface area contributed by atoms with Gasteiger partial charge in [0.25, 0.3) is 0 Å². The Morgan fingerprint density at radius 2 is 1.03 bits per heavy atom. The number of hydrogen-bond acceptors (Lipinski definition) is 3. The van der Waals surface area contributed by atoms with Crippen LogP contribution in [0.4, 0.5) is 0 Å². The largest absolute Gasteiger partial charge is 0.481 e. The molecular weight excluding hydrogens is 472 g/mol. The third kappa shape index (κ3) is 29.0. The molecule has 0 aromatic rings. The summed E-state index contributed by atoms with van der Waals surface area (Å²) < 4.78 is 5.89. The molecular formula is C34H62O4. The molecule has 4 nitrogen and oxygen atoms in total. The first-order valence-corrected chi connectivity index (χ1v) is 16.3. The summed E-state index contributed by atoms with van der Waals surface area (Å²) in [5.74, 6) is -0.745. The van der Waals surface area contributed by atoms with Crippen LogP contribution in [0.1, 0.15) is 174 Å². The Kier molecular flexibility index (Phi) is 28.7. The van der Waals surface area contributed by atoms with E-state index in [1.807, 2.05) is 0 Å². The summed E-state index contributed by atoms with van der Waals surface area (Å²) in [6.45, 7) is 4.48. The second kappa shape index (κ2) is 30.0. The number of carbonyl (C=O) groups excluding carboxylic acids is 1. The van der Waals surface area contributed by atoms with Crippen molar-refractivity contribution in [3.05, 3.63) is 24.3 Å². The van der Waals surface area contributed by atoms with Crippen LogP contribution in [0.25, 0.3) is 0 Å². The van der Waals surface area contributed by atoms with E-state index in [4.69, 9.17) is 9.84 Å². The SMILES string of the molecule is CCCCC/C=C\C/C=C\CCCCCCCC(=O)OC(CCCCCCCC)CCCCCCC(=O)O. The van der Waals surface area contributed by atoms with Crippen molar-refractivity contribution in [2.75, 3.05) is 0 Å². The number of unbranched alkanes of at least 4 members (excludes halogenated alkanes) is 16. The lowest BCUT2D eigenvalue weighted by atomic mass is 10.0. The standard InChI is InChI=1S/C34H62O4/c1-3-5-7-9-11-12-13-14-15-16-17-18-19-21-27-31-34(37)38-32(28-24-20-10-8-6-4-2)29-25-22-23-26-30-33(35)36/h11-12,14-15,32H,3-10,13,16-31H2,1-2H3,(H,35,36)/b12-11-,15-14-. The Morgan fingerprint density at radius 3 is 1.61 bits per heavy atom. The molecule has 0 bridgehead atoms. The van der Waals surface area contributed by atoms with Gasteiger partial charge in [0, 0.05) is 12.8 Å². The molecule has 0 amide bonds. The van der Waals surface area contributed by atoms with E-state index >= 15 is 0 Å². The molecule has 0 spiro atoms. The molecule has 222 valence electrons. The highest BCUT2D eigenvalue weighted by atomic mass is 16.5. The van der Waals surface area contributed by atoms with Crippen LogP contribution in [0.2, 0.25) is 0 Å². The molecule has 1 unspecified atom stereocenters. The molecule has 0 aliphatic heterocycles. The zero-order valence-electron chi connectivity index (χ0n) is 25.2. The van der Waals surface area contributed by atoms with E-state index < -0.39 is 5.97 Å². The number of carbonyl (C=O) groups is 2. The molecule has 0 aliphatic carbocycles. The zero-order chi connectivity index (χ0) is 27.9. The molecule has 0 radical (unpaired) electrons. The van der Waals surface area contributed by atoms with Crippen molar-refractivity contribution in [2.24, 2.45) is 0 Å². The van der Waals surface area contributed by atoms with Gasteiger partial charge in [-0.05, 0) is 70.6 Å². The Balaban J connectivity index is 3.94. The average molecular weight is 535 g/mol. The maximum Gasteiger partial charge on any atom is 0.306 e. The number of rotatable bonds is 29. The number of allylic oxidation sites excluding steroid dienone is 4. The molecule has 1 N–H and O–H groups in total. The van der Waals surface area contributed by atoms with Gasteiger partial charge >= 0.3 is 11.9 Å². The van der Waals surface area contributed by atoms with Gasteiger partial charge < -0.3 is 9.84 Å². The Morgan fingerprint density at radius 1 is 0.579 bits per heavy atom. The molecule has 0 heterocycles. The first-order chi connectivity index (χ1) is 18.6. The Labute approximate surface area is 236 Å². The van der Waals surface area contributed by atoms with Crippen LogP contribution in [-0.2, 0) is 14.3 Å². The van der Waals surface area contributed by atoms with Crippen LogP contribution >= 0.6 is 0 Å². The van der Waals surface area contributed by atoms with Crippen LogP contribution in [-0.4, -0.2) is 23.1 Å². The van der Waals surface area contributed by atoms with E-state index in [-0.39, 0.29) is 18.5 Å². The lowest BCUT2D eigenvalue weighted by Crippen LogP contribution is -2.18. The minimum atomic E-state index is -0.715. The number of aliphatic carboxylic acids is 1. The Hall–Kier alpha value is -1.58. The molecule has 38 heavy (non-hydrogen) atoms. The quantitative estimate of drug-likeness (QED) is 0.0589. The first kappa shape index (κ1) is 36.4. The fourth-order valence-electron chi connectivity index (χ4n) is 4.74. The van der Waals surface area contributed by atoms with Gasteiger partial charge in [0.1, 0.15) is 6.10 Å². The smallest absolute Gasteiger partial charge is 0.306 e. The highest BCUT2D eigenvalue weighted by Gasteiger charge is 2.14. The minimum absolute atomic E-state index is 0.0301. The monoisotopic (exact) mass is 534 g/mol. The van der Waals surface area contributed by atoms with Crippen LogP contribution in [0.3, 0.4) is 0 Å². The first-order valence-electron chi connectivity index (χ1n) is 16.3. The maximum atomic E-state index is 12.5. The molecule has 0 aromatic heterocycles. The third-order valence-corrected chi connectivity index (χ3v) is 7.18. The molecule has 0 fully saturated rings. The van der Waals surface area contributed by atoms with Gasteiger partial charge in [-0.1, -0.05) is 115 Å². The van der Waals surface area contributed by atoms with E-state index in [0.29, 0.717) is 6.42 Å². The van der Waals surface area contributed by atoms with Gasteiger partial charge in [0.2, 0.25) is 0 Å². The Bertz CT molecular complexity index is 581. The van der Waals surface area contributed by atoms with Crippen LogP contribution in [0, 0.1) is 0 Å². The van der Waals surface area contributed by atoms with Crippen molar-refractivity contribution >= 4 is 11.9 Å². The third-order valence-electron chi connectivity index (χ3n) is 7.18. The second-order valence-electron chi connectivity index (χ2n) is 11.0. The van der Waals surface area contributed by atoms with E-state index in [1.54, 1.807) is 0 Å². The number of esters is 1. The van der Waals surface area contributed by atoms with E-state index in [9.17, 15) is 9.59 Å². The summed E-state index contributed by atoms with van der Waals surface area (Å²) >= 11 is 0. The van der Waals surface area contributed by atoms with Crippen molar-refractivity contribution in [1.29, 1.82) is 0 Å². The van der Waals surface area contributed by atoms with Gasteiger partial charge in [-0.2, -0.15) is 0 Å². The normalized spacial score (nSPS) is 12.5. The van der Waals surface area contributed by atoms with Gasteiger partial charge in [0.15, 0.2) is 0 Å². The van der Waals surface area contributed by atoms with Crippen LogP contribution in [0.15, 0.2) is 24.3 Å². The summed E-state index contributed by atoms with van der Waals surface area (Å²) in [6.07, 6.45) is 36.1. The summed E-state index contributed by atoms with van der Waals surface area (Å²) in [5.41, 5.74) is 0. The van der Waals surface area contributed by atoms with Crippen LogP contribution in [0.5, 0.6) is 0 Å². The topological polar surface area (TPSA) is 63.6 Å². The highest BCUT2D eigenvalue weighted by Crippen LogP contribution is 2.18. The van der Waals surface area contributed by atoms with E-state index in [2.05, 4.69) is 38.2 Å². The van der Waals surface area contributed by atoms with Crippen LogP contribution < -0.4 is 0 Å². The van der Waals surface area contributed by atoms with E-state index in [0.717, 1.165) is 70.6 Å². The zero-order valence-corrected chi connectivity index (χ0v) is 25.2. The summed E-state index contributed by atoms with van der Waals surface area (Å²) in [6, 6.07) is 0. The van der Waals surface area contributed by atoms with Gasteiger partial charge in [-0.3, -0.25) is 9.59 Å². The minimum Gasteiger partial charge on any atom is -0.481 e. The van der Waals surface area contributed by atoms with Gasteiger partial charge in [0.05, 0.1) is 0 Å². The van der Waals surface area contributed by atoms with Crippen molar-refractivity contribution in [3.63, 3.8) is 0 Å². The molecule has 1 atom stereocenters. The lowest BCUT2D eigenvalue weighted by molar-refractivity contribution is -0.150. The van der Waals surface area contributed by atoms with Gasteiger partial charge in [-0.15, -0.1) is 0 Å².